The highest BCUT2D eigenvalue weighted by Crippen LogP contribution is 2.34. The van der Waals surface area contributed by atoms with Gasteiger partial charge >= 0.3 is 5.97 Å². The van der Waals surface area contributed by atoms with E-state index in [1.807, 2.05) is 0 Å². The average molecular weight is 450 g/mol. The highest BCUT2D eigenvalue weighted by Gasteiger charge is 2.45. The Hall–Kier alpha value is -2.76. The van der Waals surface area contributed by atoms with Gasteiger partial charge in [0.15, 0.2) is 0 Å². The zero-order valence-corrected chi connectivity index (χ0v) is 17.4. The second-order valence-electron chi connectivity index (χ2n) is 6.84. The zero-order chi connectivity index (χ0) is 22.4. The van der Waals surface area contributed by atoms with E-state index in [0.717, 1.165) is 4.90 Å². The summed E-state index contributed by atoms with van der Waals surface area (Å²) in [5, 5.41) is 10.7. The Kier molecular flexibility index (Phi) is 7.77. The van der Waals surface area contributed by atoms with Gasteiger partial charge in [-0.15, -0.1) is 11.8 Å². The normalized spacial score (nSPS) is 18.3. The van der Waals surface area contributed by atoms with E-state index < -0.39 is 35.6 Å². The SMILES string of the molecule is O=C(O)CCOCCOCCSc1cccc2c1C(=O)N(C1CCC(=O)NC1=O)C2=O. The summed E-state index contributed by atoms with van der Waals surface area (Å²) < 4.78 is 10.6. The largest absolute Gasteiger partial charge is 0.481 e. The highest BCUT2D eigenvalue weighted by atomic mass is 32.2. The Morgan fingerprint density at radius 1 is 1.10 bits per heavy atom. The van der Waals surface area contributed by atoms with Crippen molar-refractivity contribution in [2.45, 2.75) is 30.2 Å². The smallest absolute Gasteiger partial charge is 0.305 e. The van der Waals surface area contributed by atoms with Crippen molar-refractivity contribution in [3.8, 4) is 0 Å². The molecule has 0 saturated carbocycles. The van der Waals surface area contributed by atoms with Gasteiger partial charge in [0, 0.05) is 17.1 Å². The van der Waals surface area contributed by atoms with Crippen LogP contribution in [0, 0.1) is 0 Å². The van der Waals surface area contributed by atoms with E-state index in [4.69, 9.17) is 14.6 Å². The monoisotopic (exact) mass is 450 g/mol. The van der Waals surface area contributed by atoms with Gasteiger partial charge in [0.25, 0.3) is 11.8 Å². The third-order valence-corrected chi connectivity index (χ3v) is 5.77. The van der Waals surface area contributed by atoms with E-state index in [9.17, 15) is 24.0 Å². The predicted octanol–water partition coefficient (Wildman–Crippen LogP) is 0.688. The Morgan fingerprint density at radius 2 is 1.84 bits per heavy atom. The minimum atomic E-state index is -0.993. The molecule has 1 unspecified atom stereocenters. The fourth-order valence-corrected chi connectivity index (χ4v) is 4.23. The van der Waals surface area contributed by atoms with E-state index in [1.54, 1.807) is 18.2 Å². The molecular formula is C20H22N2O8S. The summed E-state index contributed by atoms with van der Waals surface area (Å²) in [7, 11) is 0. The number of benzene rings is 1. The number of carboxylic acid groups (broad SMARTS) is 1. The number of piperidine rings is 1. The van der Waals surface area contributed by atoms with Gasteiger partial charge in [-0.1, -0.05) is 6.07 Å². The van der Waals surface area contributed by atoms with Crippen LogP contribution in [0.1, 0.15) is 40.0 Å². The average Bonchev–Trinajstić information content (AvgIpc) is 2.98. The number of carbonyl (C=O) groups is 5. The standard InChI is InChI=1S/C20H22N2O8S/c23-15-5-4-13(18(26)21-15)22-19(27)12-2-1-3-14(17(12)20(22)28)31-11-10-30-9-8-29-7-6-16(24)25/h1-3,13H,4-11H2,(H,24,25)(H,21,23,26). The molecule has 2 N–H and O–H groups in total. The summed E-state index contributed by atoms with van der Waals surface area (Å²) >= 11 is 1.36. The fourth-order valence-electron chi connectivity index (χ4n) is 3.30. The van der Waals surface area contributed by atoms with Crippen molar-refractivity contribution >= 4 is 41.4 Å². The van der Waals surface area contributed by atoms with E-state index in [0.29, 0.717) is 23.9 Å². The van der Waals surface area contributed by atoms with Crippen molar-refractivity contribution in [3.63, 3.8) is 0 Å². The quantitative estimate of drug-likeness (QED) is 0.283. The van der Waals surface area contributed by atoms with Crippen LogP contribution in [0.2, 0.25) is 0 Å². The third-order valence-electron chi connectivity index (χ3n) is 4.75. The van der Waals surface area contributed by atoms with Crippen molar-refractivity contribution in [2.75, 3.05) is 32.2 Å². The van der Waals surface area contributed by atoms with Gasteiger partial charge in [-0.25, -0.2) is 0 Å². The van der Waals surface area contributed by atoms with Crippen LogP contribution in [0.3, 0.4) is 0 Å². The number of amides is 4. The van der Waals surface area contributed by atoms with Crippen molar-refractivity contribution in [1.82, 2.24) is 10.2 Å². The molecule has 4 amide bonds. The van der Waals surface area contributed by atoms with Gasteiger partial charge in [-0.3, -0.25) is 34.2 Å². The number of carbonyl (C=O) groups excluding carboxylic acids is 4. The zero-order valence-electron chi connectivity index (χ0n) is 16.6. The number of ether oxygens (including phenoxy) is 2. The molecule has 1 fully saturated rings. The lowest BCUT2D eigenvalue weighted by atomic mass is 10.0. The maximum Gasteiger partial charge on any atom is 0.305 e. The van der Waals surface area contributed by atoms with Crippen LogP contribution in [0.5, 0.6) is 0 Å². The molecule has 10 nitrogen and oxygen atoms in total. The topological polar surface area (TPSA) is 139 Å². The highest BCUT2D eigenvalue weighted by molar-refractivity contribution is 7.99. The Bertz CT molecular complexity index is 903. The lowest BCUT2D eigenvalue weighted by molar-refractivity contribution is -0.138. The van der Waals surface area contributed by atoms with Gasteiger partial charge < -0.3 is 14.6 Å². The number of hydrogen-bond acceptors (Lipinski definition) is 8. The van der Waals surface area contributed by atoms with Crippen LogP contribution in [0.4, 0.5) is 0 Å². The van der Waals surface area contributed by atoms with Gasteiger partial charge in [-0.2, -0.15) is 0 Å². The molecule has 2 heterocycles. The van der Waals surface area contributed by atoms with Crippen LogP contribution in [-0.2, 0) is 23.9 Å². The first-order valence-electron chi connectivity index (χ1n) is 9.75. The summed E-state index contributed by atoms with van der Waals surface area (Å²) in [6.07, 6.45) is 0.126. The number of hydrogen-bond donors (Lipinski definition) is 2. The molecule has 1 aromatic carbocycles. The lowest BCUT2D eigenvalue weighted by Crippen LogP contribution is -2.54. The van der Waals surface area contributed by atoms with Crippen LogP contribution in [-0.4, -0.2) is 77.8 Å². The molecule has 1 atom stereocenters. The number of nitrogens with one attached hydrogen (secondary N) is 1. The maximum atomic E-state index is 13.0. The van der Waals surface area contributed by atoms with Crippen LogP contribution in [0.25, 0.3) is 0 Å². The summed E-state index contributed by atoms with van der Waals surface area (Å²) in [5.74, 6) is -2.53. The first kappa shape index (κ1) is 22.9. The summed E-state index contributed by atoms with van der Waals surface area (Å²) in [4.78, 5) is 61.2. The molecule has 166 valence electrons. The molecule has 0 bridgehead atoms. The Morgan fingerprint density at radius 3 is 2.55 bits per heavy atom. The molecule has 31 heavy (non-hydrogen) atoms. The minimum Gasteiger partial charge on any atom is -0.481 e. The van der Waals surface area contributed by atoms with Crippen molar-refractivity contribution < 1.29 is 38.6 Å². The predicted molar refractivity (Wildman–Crippen MR) is 108 cm³/mol. The molecule has 3 rings (SSSR count). The number of nitrogens with zero attached hydrogens (tertiary/aromatic N) is 1. The van der Waals surface area contributed by atoms with E-state index in [1.165, 1.54) is 11.8 Å². The van der Waals surface area contributed by atoms with Crippen LogP contribution >= 0.6 is 11.8 Å². The minimum absolute atomic E-state index is 0.0580. The molecule has 0 spiro atoms. The summed E-state index contributed by atoms with van der Waals surface area (Å²) in [6.45, 7) is 1.10. The third kappa shape index (κ3) is 5.49. The lowest BCUT2D eigenvalue weighted by Gasteiger charge is -2.27. The molecule has 0 radical (unpaired) electrons. The summed E-state index contributed by atoms with van der Waals surface area (Å²) in [6, 6.07) is 3.97. The van der Waals surface area contributed by atoms with Crippen molar-refractivity contribution in [3.05, 3.63) is 29.3 Å². The second kappa shape index (κ2) is 10.5. The summed E-state index contributed by atoms with van der Waals surface area (Å²) in [5.41, 5.74) is 0.506. The molecule has 0 aliphatic carbocycles. The molecule has 1 saturated heterocycles. The number of fused-ring (bicyclic) bond motifs is 1. The Balaban J connectivity index is 1.53. The van der Waals surface area contributed by atoms with Crippen molar-refractivity contribution in [1.29, 1.82) is 0 Å². The Labute approximate surface area is 182 Å². The number of rotatable bonds is 11. The first-order chi connectivity index (χ1) is 14.9. The molecule has 11 heteroatoms. The van der Waals surface area contributed by atoms with E-state index in [-0.39, 0.29) is 43.6 Å². The first-order valence-corrected chi connectivity index (χ1v) is 10.7. The molecule has 2 aliphatic rings. The number of imide groups is 2. The van der Waals surface area contributed by atoms with Crippen LogP contribution < -0.4 is 5.32 Å². The number of aliphatic carboxylic acids is 1. The number of thioether (sulfide) groups is 1. The van der Waals surface area contributed by atoms with Crippen LogP contribution in [0.15, 0.2) is 23.1 Å². The maximum absolute atomic E-state index is 13.0. The number of carboxylic acids is 1. The molecule has 0 aromatic heterocycles. The van der Waals surface area contributed by atoms with Gasteiger partial charge in [-0.05, 0) is 18.6 Å². The second-order valence-corrected chi connectivity index (χ2v) is 7.98. The van der Waals surface area contributed by atoms with Gasteiger partial charge in [0.05, 0.1) is 44.0 Å². The van der Waals surface area contributed by atoms with Gasteiger partial charge in [0.1, 0.15) is 6.04 Å². The molecule has 2 aliphatic heterocycles. The van der Waals surface area contributed by atoms with Gasteiger partial charge in [0.2, 0.25) is 11.8 Å². The fraction of sp³-hybridized carbons (Fsp3) is 0.450. The van der Waals surface area contributed by atoms with E-state index in [2.05, 4.69) is 5.32 Å². The molecule has 1 aromatic rings. The molecular weight excluding hydrogens is 428 g/mol. The van der Waals surface area contributed by atoms with E-state index >= 15 is 0 Å². The van der Waals surface area contributed by atoms with Crippen molar-refractivity contribution in [2.24, 2.45) is 0 Å².